The van der Waals surface area contributed by atoms with Crippen molar-refractivity contribution in [1.82, 2.24) is 9.97 Å². The number of ether oxygens (including phenoxy) is 1. The monoisotopic (exact) mass is 426 g/mol. The van der Waals surface area contributed by atoms with Gasteiger partial charge in [0.2, 0.25) is 0 Å². The zero-order valence-electron chi connectivity index (χ0n) is 18.1. The van der Waals surface area contributed by atoms with Gasteiger partial charge in [0, 0.05) is 23.1 Å². The normalized spacial score (nSPS) is 25.8. The lowest BCUT2D eigenvalue weighted by atomic mass is 9.52. The van der Waals surface area contributed by atoms with E-state index in [0.717, 1.165) is 47.2 Å². The largest absolute Gasteiger partial charge is 0.515 e. The van der Waals surface area contributed by atoms with Crippen molar-refractivity contribution in [2.24, 2.45) is 11.8 Å². The van der Waals surface area contributed by atoms with Gasteiger partial charge >= 0.3 is 0 Å². The van der Waals surface area contributed by atoms with E-state index in [1.54, 1.807) is 6.33 Å². The Bertz CT molecular complexity index is 1160. The number of nitrogens with zero attached hydrogens (tertiary/aromatic N) is 2. The molecule has 0 aliphatic heterocycles. The molecule has 0 radical (unpaired) electrons. The molecule has 3 aromatic rings. The van der Waals surface area contributed by atoms with E-state index in [1.807, 2.05) is 55.6 Å². The molecular formula is C27H26N2O3. The third-order valence-electron chi connectivity index (χ3n) is 7.14. The van der Waals surface area contributed by atoms with Gasteiger partial charge < -0.3 is 9.84 Å². The van der Waals surface area contributed by atoms with E-state index in [-0.39, 0.29) is 17.6 Å². The number of carbonyl (C=O) groups is 1. The number of Topliss-reactive ketones (excluding diaryl/α,β-unsaturated/α-hetero) is 1. The SMILES string of the molecule is C[C@@H]1C(=O)C(=CO)C[C@]2(c3ccc(OCc4ccccc4)cc3)c3ncncc3CC[C@@H]12. The minimum Gasteiger partial charge on any atom is -0.515 e. The molecule has 162 valence electrons. The molecule has 2 aliphatic carbocycles. The van der Waals surface area contributed by atoms with E-state index in [0.29, 0.717) is 18.6 Å². The third-order valence-corrected chi connectivity index (χ3v) is 7.14. The second-order valence-electron chi connectivity index (χ2n) is 8.80. The van der Waals surface area contributed by atoms with Crippen molar-refractivity contribution in [3.05, 3.63) is 101 Å². The number of aliphatic hydroxyl groups excluding tert-OH is 1. The number of rotatable bonds is 4. The summed E-state index contributed by atoms with van der Waals surface area (Å²) in [4.78, 5) is 21.8. The zero-order chi connectivity index (χ0) is 22.1. The average Bonchev–Trinajstić information content (AvgIpc) is 2.85. The number of hydrogen-bond donors (Lipinski definition) is 1. The lowest BCUT2D eigenvalue weighted by molar-refractivity contribution is -0.123. The molecule has 0 amide bonds. The van der Waals surface area contributed by atoms with Crippen LogP contribution in [-0.2, 0) is 23.2 Å². The molecule has 5 rings (SSSR count). The van der Waals surface area contributed by atoms with Crippen molar-refractivity contribution >= 4 is 5.78 Å². The number of aryl methyl sites for hydroxylation is 1. The van der Waals surface area contributed by atoms with Gasteiger partial charge in [-0.3, -0.25) is 4.79 Å². The van der Waals surface area contributed by atoms with Crippen molar-refractivity contribution < 1.29 is 14.6 Å². The van der Waals surface area contributed by atoms with Gasteiger partial charge in [-0.2, -0.15) is 0 Å². The Morgan fingerprint density at radius 3 is 2.69 bits per heavy atom. The number of carbonyl (C=O) groups excluding carboxylic acids is 1. The van der Waals surface area contributed by atoms with E-state index >= 15 is 0 Å². The van der Waals surface area contributed by atoms with Gasteiger partial charge in [-0.25, -0.2) is 9.97 Å². The van der Waals surface area contributed by atoms with Crippen LogP contribution in [0.1, 0.15) is 42.1 Å². The zero-order valence-corrected chi connectivity index (χ0v) is 18.1. The molecule has 2 aromatic carbocycles. The quantitative estimate of drug-likeness (QED) is 0.472. The molecule has 1 saturated carbocycles. The highest BCUT2D eigenvalue weighted by Gasteiger charge is 2.54. The number of aliphatic hydroxyl groups is 1. The van der Waals surface area contributed by atoms with Crippen LogP contribution in [0.5, 0.6) is 5.75 Å². The fraction of sp³-hybridized carbons (Fsp3) is 0.296. The highest BCUT2D eigenvalue weighted by molar-refractivity contribution is 5.98. The number of fused-ring (bicyclic) bond motifs is 3. The first-order valence-corrected chi connectivity index (χ1v) is 11.1. The van der Waals surface area contributed by atoms with Gasteiger partial charge in [0.1, 0.15) is 18.7 Å². The van der Waals surface area contributed by atoms with Crippen molar-refractivity contribution in [2.45, 2.75) is 38.2 Å². The summed E-state index contributed by atoms with van der Waals surface area (Å²) in [6.45, 7) is 2.49. The fourth-order valence-electron chi connectivity index (χ4n) is 5.58. The summed E-state index contributed by atoms with van der Waals surface area (Å²) in [5.74, 6) is 0.743. The van der Waals surface area contributed by atoms with Gasteiger partial charge in [-0.05, 0) is 54.0 Å². The second-order valence-corrected chi connectivity index (χ2v) is 8.80. The molecule has 0 unspecified atom stereocenters. The van der Waals surface area contributed by atoms with Crippen molar-refractivity contribution in [3.63, 3.8) is 0 Å². The van der Waals surface area contributed by atoms with Crippen LogP contribution in [0.15, 0.2) is 79.0 Å². The molecule has 1 N–H and O–H groups in total. The molecule has 0 bridgehead atoms. The summed E-state index contributed by atoms with van der Waals surface area (Å²) in [6, 6.07) is 18.2. The molecule has 1 heterocycles. The second kappa shape index (κ2) is 8.23. The predicted molar refractivity (Wildman–Crippen MR) is 121 cm³/mol. The Morgan fingerprint density at radius 1 is 1.16 bits per heavy atom. The van der Waals surface area contributed by atoms with Gasteiger partial charge in [0.05, 0.1) is 12.0 Å². The van der Waals surface area contributed by atoms with Crippen LogP contribution in [0.4, 0.5) is 0 Å². The van der Waals surface area contributed by atoms with Crippen molar-refractivity contribution in [3.8, 4) is 5.75 Å². The number of benzene rings is 2. The number of aromatic nitrogens is 2. The maximum absolute atomic E-state index is 12.9. The predicted octanol–water partition coefficient (Wildman–Crippen LogP) is 4.95. The van der Waals surface area contributed by atoms with Crippen LogP contribution in [0.2, 0.25) is 0 Å². The first-order valence-electron chi connectivity index (χ1n) is 11.1. The van der Waals surface area contributed by atoms with Crippen LogP contribution in [-0.4, -0.2) is 20.9 Å². The van der Waals surface area contributed by atoms with Crippen molar-refractivity contribution in [2.75, 3.05) is 0 Å². The molecule has 3 atom stereocenters. The minimum atomic E-state index is -0.476. The minimum absolute atomic E-state index is 0.0356. The van der Waals surface area contributed by atoms with Gasteiger partial charge in [0.25, 0.3) is 0 Å². The van der Waals surface area contributed by atoms with E-state index < -0.39 is 5.41 Å². The van der Waals surface area contributed by atoms with Gasteiger partial charge in [-0.15, -0.1) is 0 Å². The number of ketones is 1. The fourth-order valence-corrected chi connectivity index (χ4v) is 5.58. The molecule has 32 heavy (non-hydrogen) atoms. The molecule has 5 nitrogen and oxygen atoms in total. The Morgan fingerprint density at radius 2 is 1.94 bits per heavy atom. The van der Waals surface area contributed by atoms with Crippen LogP contribution in [0, 0.1) is 11.8 Å². The summed E-state index contributed by atoms with van der Waals surface area (Å²) in [5, 5.41) is 9.87. The summed E-state index contributed by atoms with van der Waals surface area (Å²) >= 11 is 0. The van der Waals surface area contributed by atoms with Crippen LogP contribution < -0.4 is 4.74 Å². The Labute approximate surface area is 187 Å². The topological polar surface area (TPSA) is 72.3 Å². The number of allylic oxidation sites excluding steroid dienone is 1. The third kappa shape index (κ3) is 3.29. The van der Waals surface area contributed by atoms with Gasteiger partial charge in [-0.1, -0.05) is 49.4 Å². The molecule has 5 heteroatoms. The first-order chi connectivity index (χ1) is 15.6. The maximum Gasteiger partial charge on any atom is 0.165 e. The molecule has 1 fully saturated rings. The highest BCUT2D eigenvalue weighted by atomic mass is 16.5. The standard InChI is InChI=1S/C27H26N2O3/c1-18-24-12-7-20-14-28-17-29-26(20)27(24,13-21(15-30)25(18)31)22-8-10-23(11-9-22)32-16-19-5-3-2-4-6-19/h2-6,8-11,14-15,17-18,24,30H,7,12-13,16H2,1H3/t18-,24-,27+/m0/s1. The lowest BCUT2D eigenvalue weighted by Crippen LogP contribution is -2.50. The molecule has 0 saturated heterocycles. The van der Waals surface area contributed by atoms with Gasteiger partial charge in [0.15, 0.2) is 5.78 Å². The Balaban J connectivity index is 1.54. The van der Waals surface area contributed by atoms with Crippen LogP contribution >= 0.6 is 0 Å². The molecule has 0 spiro atoms. The maximum atomic E-state index is 12.9. The summed E-state index contributed by atoms with van der Waals surface area (Å²) in [7, 11) is 0. The summed E-state index contributed by atoms with van der Waals surface area (Å²) in [6.07, 6.45) is 6.65. The average molecular weight is 427 g/mol. The molecule has 2 aliphatic rings. The number of hydrogen-bond acceptors (Lipinski definition) is 5. The first kappa shape index (κ1) is 20.4. The van der Waals surface area contributed by atoms with Crippen LogP contribution in [0.25, 0.3) is 0 Å². The lowest BCUT2D eigenvalue weighted by Gasteiger charge is -2.50. The Hall–Kier alpha value is -3.47. The van der Waals surface area contributed by atoms with E-state index in [4.69, 9.17) is 9.72 Å². The van der Waals surface area contributed by atoms with Crippen LogP contribution in [0.3, 0.4) is 0 Å². The molecular weight excluding hydrogens is 400 g/mol. The van der Waals surface area contributed by atoms with E-state index in [1.165, 1.54) is 0 Å². The van der Waals surface area contributed by atoms with Crippen molar-refractivity contribution in [1.29, 1.82) is 0 Å². The van der Waals surface area contributed by atoms with E-state index in [9.17, 15) is 9.90 Å². The smallest absolute Gasteiger partial charge is 0.165 e. The molecule has 1 aromatic heterocycles. The summed E-state index contributed by atoms with van der Waals surface area (Å²) < 4.78 is 5.99. The summed E-state index contributed by atoms with van der Waals surface area (Å²) in [5.41, 5.74) is 4.28. The highest BCUT2D eigenvalue weighted by Crippen LogP contribution is 2.55. The Kier molecular flexibility index (Phi) is 5.25. The van der Waals surface area contributed by atoms with E-state index in [2.05, 4.69) is 17.1 Å².